The highest BCUT2D eigenvalue weighted by molar-refractivity contribution is 7.15. The van der Waals surface area contributed by atoms with Gasteiger partial charge in [0.15, 0.2) is 0 Å². The molecule has 2 heterocycles. The second-order valence-corrected chi connectivity index (χ2v) is 8.80. The summed E-state index contributed by atoms with van der Waals surface area (Å²) in [6, 6.07) is 18.1. The molecule has 1 amide bonds. The van der Waals surface area contributed by atoms with Crippen LogP contribution in [-0.2, 0) is 6.54 Å². The molecular weight excluding hydrogens is 454 g/mol. The van der Waals surface area contributed by atoms with Crippen molar-refractivity contribution in [2.75, 3.05) is 4.90 Å². The number of anilines is 1. The minimum absolute atomic E-state index is 0.0894. The molecule has 0 fully saturated rings. The van der Waals surface area contributed by atoms with Gasteiger partial charge >= 0.3 is 0 Å². The van der Waals surface area contributed by atoms with Gasteiger partial charge in [-0.3, -0.25) is 14.7 Å². The third kappa shape index (κ3) is 4.27. The number of fused-ring (bicyclic) bond motifs is 1. The summed E-state index contributed by atoms with van der Waals surface area (Å²) in [4.78, 5) is 28.8. The summed E-state index contributed by atoms with van der Waals surface area (Å²) < 4.78 is 28.4. The maximum absolute atomic E-state index is 14.7. The van der Waals surface area contributed by atoms with E-state index in [2.05, 4.69) is 15.0 Å². The molecule has 0 bridgehead atoms. The van der Waals surface area contributed by atoms with Gasteiger partial charge in [0.1, 0.15) is 22.3 Å². The number of carbonyl (C=O) groups excluding carboxylic acids is 1. The zero-order valence-electron chi connectivity index (χ0n) is 18.1. The Bertz CT molecular complexity index is 1520. The van der Waals surface area contributed by atoms with Crippen molar-refractivity contribution in [3.63, 3.8) is 0 Å². The molecule has 34 heavy (non-hydrogen) atoms. The first-order chi connectivity index (χ1) is 16.5. The SMILES string of the molecule is Cc1cc(-c2ncc(CN(C(=O)c3cnc4ccccc4n3)c3ccccc3F)s2)ccc1F. The Labute approximate surface area is 198 Å². The monoisotopic (exact) mass is 472 g/mol. The van der Waals surface area contributed by atoms with E-state index >= 15 is 0 Å². The molecule has 5 aromatic rings. The lowest BCUT2D eigenvalue weighted by molar-refractivity contribution is 0.0979. The maximum Gasteiger partial charge on any atom is 0.278 e. The molecule has 0 unspecified atom stereocenters. The molecule has 0 spiro atoms. The summed E-state index contributed by atoms with van der Waals surface area (Å²) in [7, 11) is 0. The van der Waals surface area contributed by atoms with Crippen LogP contribution in [0.15, 0.2) is 79.1 Å². The van der Waals surface area contributed by atoms with Crippen LogP contribution in [0.1, 0.15) is 20.9 Å². The van der Waals surface area contributed by atoms with E-state index in [4.69, 9.17) is 0 Å². The molecule has 5 nitrogen and oxygen atoms in total. The molecule has 3 aromatic carbocycles. The first-order valence-electron chi connectivity index (χ1n) is 10.5. The summed E-state index contributed by atoms with van der Waals surface area (Å²) in [5, 5.41) is 0.685. The zero-order valence-corrected chi connectivity index (χ0v) is 18.9. The van der Waals surface area contributed by atoms with Crippen molar-refractivity contribution in [1.82, 2.24) is 15.0 Å². The van der Waals surface area contributed by atoms with E-state index in [1.165, 1.54) is 34.6 Å². The number of amides is 1. The summed E-state index contributed by atoms with van der Waals surface area (Å²) in [6.07, 6.45) is 3.05. The highest BCUT2D eigenvalue weighted by atomic mass is 32.1. The fraction of sp³-hybridized carbons (Fsp3) is 0.0769. The van der Waals surface area contributed by atoms with E-state index in [9.17, 15) is 13.6 Å². The van der Waals surface area contributed by atoms with Gasteiger partial charge < -0.3 is 0 Å². The quantitative estimate of drug-likeness (QED) is 0.306. The second kappa shape index (κ2) is 9.07. The first-order valence-corrected chi connectivity index (χ1v) is 11.3. The van der Waals surface area contributed by atoms with Gasteiger partial charge in [-0.25, -0.2) is 18.7 Å². The number of carbonyl (C=O) groups is 1. The van der Waals surface area contributed by atoms with Crippen molar-refractivity contribution < 1.29 is 13.6 Å². The third-order valence-electron chi connectivity index (χ3n) is 5.33. The van der Waals surface area contributed by atoms with Gasteiger partial charge in [-0.2, -0.15) is 0 Å². The van der Waals surface area contributed by atoms with Gasteiger partial charge in [0.25, 0.3) is 5.91 Å². The van der Waals surface area contributed by atoms with Crippen molar-refractivity contribution in [3.8, 4) is 10.6 Å². The third-order valence-corrected chi connectivity index (χ3v) is 6.36. The Morgan fingerprint density at radius 1 is 0.912 bits per heavy atom. The number of aromatic nitrogens is 3. The topological polar surface area (TPSA) is 59.0 Å². The standard InChI is InChI=1S/C26H18F2N4OS/c1-16-12-17(10-11-19(16)27)25-30-13-18(34-25)15-32(24-9-5-2-6-20(24)28)26(33)23-14-29-21-7-3-4-8-22(21)31-23/h2-14H,15H2,1H3. The smallest absolute Gasteiger partial charge is 0.278 e. The largest absolute Gasteiger partial charge is 0.299 e. The number of nitrogens with zero attached hydrogens (tertiary/aromatic N) is 4. The number of thiazole rings is 1. The number of aryl methyl sites for hydroxylation is 1. The Balaban J connectivity index is 1.51. The Morgan fingerprint density at radius 3 is 2.47 bits per heavy atom. The molecule has 0 atom stereocenters. The van der Waals surface area contributed by atoms with Gasteiger partial charge in [-0.05, 0) is 55.0 Å². The lowest BCUT2D eigenvalue weighted by Gasteiger charge is -2.22. The van der Waals surface area contributed by atoms with Crippen LogP contribution in [0.5, 0.6) is 0 Å². The zero-order chi connectivity index (χ0) is 23.7. The molecule has 168 valence electrons. The highest BCUT2D eigenvalue weighted by Crippen LogP contribution is 2.30. The Kier molecular flexibility index (Phi) is 5.81. The number of rotatable bonds is 5. The number of hydrogen-bond donors (Lipinski definition) is 0. The molecule has 0 N–H and O–H groups in total. The normalized spacial score (nSPS) is 11.0. The molecule has 2 aromatic heterocycles. The van der Waals surface area contributed by atoms with Crippen molar-refractivity contribution in [3.05, 3.63) is 107 Å². The Hall–Kier alpha value is -4.04. The molecule has 0 aliphatic carbocycles. The van der Waals surface area contributed by atoms with Gasteiger partial charge in [0.2, 0.25) is 0 Å². The van der Waals surface area contributed by atoms with Gasteiger partial charge in [0, 0.05) is 16.6 Å². The maximum atomic E-state index is 14.7. The summed E-state index contributed by atoms with van der Waals surface area (Å²) in [5.41, 5.74) is 2.79. The van der Waals surface area contributed by atoms with Crippen LogP contribution in [0, 0.1) is 18.6 Å². The van der Waals surface area contributed by atoms with Gasteiger partial charge in [-0.1, -0.05) is 24.3 Å². The minimum atomic E-state index is -0.525. The van der Waals surface area contributed by atoms with Crippen LogP contribution in [0.2, 0.25) is 0 Å². The lowest BCUT2D eigenvalue weighted by atomic mass is 10.1. The van der Waals surface area contributed by atoms with E-state index in [1.54, 1.807) is 55.6 Å². The van der Waals surface area contributed by atoms with Crippen LogP contribution in [0.25, 0.3) is 21.6 Å². The summed E-state index contributed by atoms with van der Waals surface area (Å²) in [5.74, 6) is -1.28. The summed E-state index contributed by atoms with van der Waals surface area (Å²) >= 11 is 1.36. The van der Waals surface area contributed by atoms with Crippen molar-refractivity contribution in [2.45, 2.75) is 13.5 Å². The van der Waals surface area contributed by atoms with Crippen LogP contribution in [0.3, 0.4) is 0 Å². The van der Waals surface area contributed by atoms with E-state index in [0.717, 1.165) is 10.4 Å². The average Bonchev–Trinajstić information content (AvgIpc) is 3.33. The summed E-state index contributed by atoms with van der Waals surface area (Å²) in [6.45, 7) is 1.78. The van der Waals surface area contributed by atoms with Crippen LogP contribution in [-0.4, -0.2) is 20.9 Å². The van der Waals surface area contributed by atoms with Crippen molar-refractivity contribution in [2.24, 2.45) is 0 Å². The molecule has 0 saturated heterocycles. The average molecular weight is 473 g/mol. The first kappa shape index (κ1) is 21.8. The predicted octanol–water partition coefficient (Wildman–Crippen LogP) is 6.19. The van der Waals surface area contributed by atoms with Crippen LogP contribution in [0.4, 0.5) is 14.5 Å². The molecule has 5 rings (SSSR count). The number of hydrogen-bond acceptors (Lipinski definition) is 5. The molecule has 0 aliphatic rings. The Morgan fingerprint density at radius 2 is 1.68 bits per heavy atom. The minimum Gasteiger partial charge on any atom is -0.299 e. The van der Waals surface area contributed by atoms with Crippen LogP contribution < -0.4 is 4.90 Å². The lowest BCUT2D eigenvalue weighted by Crippen LogP contribution is -2.31. The van der Waals surface area contributed by atoms with Crippen molar-refractivity contribution in [1.29, 1.82) is 0 Å². The van der Waals surface area contributed by atoms with Gasteiger partial charge in [0.05, 0.1) is 29.5 Å². The number of benzene rings is 3. The van der Waals surface area contributed by atoms with E-state index in [0.29, 0.717) is 21.6 Å². The van der Waals surface area contributed by atoms with Crippen molar-refractivity contribution >= 4 is 34.0 Å². The van der Waals surface area contributed by atoms with E-state index < -0.39 is 11.7 Å². The predicted molar refractivity (Wildman–Crippen MR) is 129 cm³/mol. The molecule has 0 saturated carbocycles. The van der Waals surface area contributed by atoms with Gasteiger partial charge in [-0.15, -0.1) is 11.3 Å². The molecular formula is C26H18F2N4OS. The van der Waals surface area contributed by atoms with E-state index in [1.807, 2.05) is 12.1 Å². The number of halogens is 2. The molecule has 0 radical (unpaired) electrons. The number of para-hydroxylation sites is 3. The molecule has 8 heteroatoms. The highest BCUT2D eigenvalue weighted by Gasteiger charge is 2.24. The fourth-order valence-corrected chi connectivity index (χ4v) is 4.48. The van der Waals surface area contributed by atoms with E-state index in [-0.39, 0.29) is 23.7 Å². The molecule has 0 aliphatic heterocycles. The fourth-order valence-electron chi connectivity index (χ4n) is 3.58. The second-order valence-electron chi connectivity index (χ2n) is 7.68. The van der Waals surface area contributed by atoms with Crippen LogP contribution >= 0.6 is 11.3 Å².